The molecular formula is C28H48O4. The van der Waals surface area contributed by atoms with Gasteiger partial charge in [-0.1, -0.05) is 64.9 Å². The first kappa shape index (κ1) is 26.9. The third-order valence-electron chi connectivity index (χ3n) is 7.81. The number of carbonyl (C=O) groups is 2. The van der Waals surface area contributed by atoms with E-state index in [2.05, 4.69) is 13.5 Å². The van der Waals surface area contributed by atoms with Crippen LogP contribution >= 0.6 is 0 Å². The van der Waals surface area contributed by atoms with Gasteiger partial charge in [0.15, 0.2) is 0 Å². The molecule has 0 saturated heterocycles. The van der Waals surface area contributed by atoms with Crippen molar-refractivity contribution in [2.24, 2.45) is 23.7 Å². The third kappa shape index (κ3) is 10.5. The van der Waals surface area contributed by atoms with Crippen LogP contribution in [0, 0.1) is 23.7 Å². The van der Waals surface area contributed by atoms with Crippen molar-refractivity contribution in [3.63, 3.8) is 0 Å². The summed E-state index contributed by atoms with van der Waals surface area (Å²) < 4.78 is 10.5. The summed E-state index contributed by atoms with van der Waals surface area (Å²) in [6.07, 6.45) is 22.1. The predicted molar refractivity (Wildman–Crippen MR) is 130 cm³/mol. The molecule has 2 aliphatic rings. The molecule has 2 fully saturated rings. The predicted octanol–water partition coefficient (Wildman–Crippen LogP) is 7.40. The van der Waals surface area contributed by atoms with Gasteiger partial charge in [0.2, 0.25) is 0 Å². The van der Waals surface area contributed by atoms with Gasteiger partial charge in [-0.05, 0) is 75.5 Å². The van der Waals surface area contributed by atoms with E-state index in [1.807, 2.05) is 0 Å². The average Bonchev–Trinajstić information content (AvgIpc) is 3.06. The Morgan fingerprint density at radius 2 is 1.44 bits per heavy atom. The summed E-state index contributed by atoms with van der Waals surface area (Å²) in [6, 6.07) is 0. The average molecular weight is 449 g/mol. The van der Waals surface area contributed by atoms with Gasteiger partial charge in [0.25, 0.3) is 0 Å². The smallest absolute Gasteiger partial charge is 0.330 e. The van der Waals surface area contributed by atoms with Crippen LogP contribution in [-0.4, -0.2) is 25.2 Å². The standard InChI is InChI=1S/C28H48O4/c1-3-5-8-12-23-13-11-14-24(16-15-23)25-17-19-26(20-18-25)28(30)32-22-10-7-6-9-21-31-27(29)4-2/h4,23-26H,2-3,5-22H2,1H3. The first-order valence-corrected chi connectivity index (χ1v) is 13.6. The monoisotopic (exact) mass is 448 g/mol. The Morgan fingerprint density at radius 1 is 0.781 bits per heavy atom. The van der Waals surface area contributed by atoms with E-state index in [1.165, 1.54) is 76.7 Å². The summed E-state index contributed by atoms with van der Waals surface area (Å²) >= 11 is 0. The number of hydrogen-bond donors (Lipinski definition) is 0. The van der Waals surface area contributed by atoms with Crippen LogP contribution < -0.4 is 0 Å². The molecule has 32 heavy (non-hydrogen) atoms. The SMILES string of the molecule is C=CC(=O)OCCCCCCOC(=O)C1CCC(C2CCCC(CCCCC)CC2)CC1. The molecule has 0 aliphatic heterocycles. The lowest BCUT2D eigenvalue weighted by atomic mass is 9.73. The molecule has 4 nitrogen and oxygen atoms in total. The largest absolute Gasteiger partial charge is 0.465 e. The summed E-state index contributed by atoms with van der Waals surface area (Å²) in [7, 11) is 0. The minimum Gasteiger partial charge on any atom is -0.465 e. The van der Waals surface area contributed by atoms with Gasteiger partial charge in [-0.3, -0.25) is 4.79 Å². The van der Waals surface area contributed by atoms with Crippen molar-refractivity contribution in [1.82, 2.24) is 0 Å². The molecule has 184 valence electrons. The molecule has 0 heterocycles. The Bertz CT molecular complexity index is 536. The maximum Gasteiger partial charge on any atom is 0.330 e. The molecular weight excluding hydrogens is 400 g/mol. The first-order valence-electron chi connectivity index (χ1n) is 13.6. The van der Waals surface area contributed by atoms with Crippen LogP contribution in [0.2, 0.25) is 0 Å². The fourth-order valence-corrected chi connectivity index (χ4v) is 5.76. The highest BCUT2D eigenvalue weighted by molar-refractivity contribution is 5.81. The van der Waals surface area contributed by atoms with Gasteiger partial charge in [-0.25, -0.2) is 4.79 Å². The number of esters is 2. The second-order valence-corrected chi connectivity index (χ2v) is 10.2. The molecule has 0 aromatic rings. The van der Waals surface area contributed by atoms with Crippen LogP contribution in [0.25, 0.3) is 0 Å². The number of ether oxygens (including phenoxy) is 2. The van der Waals surface area contributed by atoms with Gasteiger partial charge < -0.3 is 9.47 Å². The summed E-state index contributed by atoms with van der Waals surface area (Å²) in [6.45, 7) is 6.63. The van der Waals surface area contributed by atoms with Crippen molar-refractivity contribution in [3.8, 4) is 0 Å². The second-order valence-electron chi connectivity index (χ2n) is 10.2. The summed E-state index contributed by atoms with van der Waals surface area (Å²) in [5.41, 5.74) is 0. The Hall–Kier alpha value is -1.32. The van der Waals surface area contributed by atoms with Gasteiger partial charge in [-0.2, -0.15) is 0 Å². The van der Waals surface area contributed by atoms with Crippen LogP contribution in [0.1, 0.15) is 116 Å². The van der Waals surface area contributed by atoms with Crippen LogP contribution in [0.5, 0.6) is 0 Å². The molecule has 2 rings (SSSR count). The van der Waals surface area contributed by atoms with Crippen molar-refractivity contribution >= 4 is 11.9 Å². The Labute approximate surface area is 196 Å². The van der Waals surface area contributed by atoms with Crippen molar-refractivity contribution in [2.75, 3.05) is 13.2 Å². The minimum absolute atomic E-state index is 0.0280. The molecule has 0 bridgehead atoms. The molecule has 2 aliphatic carbocycles. The quantitative estimate of drug-likeness (QED) is 0.120. The highest BCUT2D eigenvalue weighted by atomic mass is 16.5. The van der Waals surface area contributed by atoms with Crippen molar-refractivity contribution in [2.45, 2.75) is 116 Å². The van der Waals surface area contributed by atoms with E-state index in [0.29, 0.717) is 13.2 Å². The van der Waals surface area contributed by atoms with Crippen LogP contribution in [0.4, 0.5) is 0 Å². The molecule has 2 atom stereocenters. The molecule has 0 spiro atoms. The zero-order chi connectivity index (χ0) is 23.0. The van der Waals surface area contributed by atoms with Gasteiger partial charge >= 0.3 is 11.9 Å². The van der Waals surface area contributed by atoms with Crippen molar-refractivity contribution < 1.29 is 19.1 Å². The lowest BCUT2D eigenvalue weighted by Gasteiger charge is -2.32. The number of carbonyl (C=O) groups excluding carboxylic acids is 2. The normalized spacial score (nSPS) is 26.2. The fourth-order valence-electron chi connectivity index (χ4n) is 5.76. The van der Waals surface area contributed by atoms with Crippen LogP contribution in [0.3, 0.4) is 0 Å². The van der Waals surface area contributed by atoms with E-state index in [-0.39, 0.29) is 17.9 Å². The van der Waals surface area contributed by atoms with E-state index in [1.54, 1.807) is 0 Å². The summed E-state index contributed by atoms with van der Waals surface area (Å²) in [5.74, 6) is 2.49. The number of unbranched alkanes of at least 4 members (excludes halogenated alkanes) is 5. The van der Waals surface area contributed by atoms with E-state index in [9.17, 15) is 9.59 Å². The lowest BCUT2D eigenvalue weighted by molar-refractivity contribution is -0.150. The summed E-state index contributed by atoms with van der Waals surface area (Å²) in [5, 5.41) is 0. The molecule has 2 unspecified atom stereocenters. The fraction of sp³-hybridized carbons (Fsp3) is 0.857. The molecule has 0 amide bonds. The van der Waals surface area contributed by atoms with Crippen molar-refractivity contribution in [1.29, 1.82) is 0 Å². The topological polar surface area (TPSA) is 52.6 Å². The maximum atomic E-state index is 12.5. The Kier molecular flexibility index (Phi) is 13.7. The highest BCUT2D eigenvalue weighted by Gasteiger charge is 2.32. The molecule has 0 N–H and O–H groups in total. The molecule has 0 aromatic carbocycles. The first-order chi connectivity index (χ1) is 15.6. The molecule has 0 radical (unpaired) electrons. The third-order valence-corrected chi connectivity index (χ3v) is 7.81. The number of rotatable bonds is 14. The highest BCUT2D eigenvalue weighted by Crippen LogP contribution is 2.41. The van der Waals surface area contributed by atoms with Crippen LogP contribution in [-0.2, 0) is 19.1 Å². The molecule has 2 saturated carbocycles. The lowest BCUT2D eigenvalue weighted by Crippen LogP contribution is -2.27. The Morgan fingerprint density at radius 3 is 2.12 bits per heavy atom. The van der Waals surface area contributed by atoms with Gasteiger partial charge in [0.1, 0.15) is 0 Å². The van der Waals surface area contributed by atoms with Gasteiger partial charge in [0.05, 0.1) is 19.1 Å². The maximum absolute atomic E-state index is 12.5. The number of hydrogen-bond acceptors (Lipinski definition) is 4. The van der Waals surface area contributed by atoms with Crippen LogP contribution in [0.15, 0.2) is 12.7 Å². The van der Waals surface area contributed by atoms with Crippen molar-refractivity contribution in [3.05, 3.63) is 12.7 Å². The van der Waals surface area contributed by atoms with E-state index < -0.39 is 0 Å². The minimum atomic E-state index is -0.362. The summed E-state index contributed by atoms with van der Waals surface area (Å²) in [4.78, 5) is 23.4. The van der Waals surface area contributed by atoms with Gasteiger partial charge in [0, 0.05) is 6.08 Å². The van der Waals surface area contributed by atoms with E-state index in [0.717, 1.165) is 56.3 Å². The van der Waals surface area contributed by atoms with E-state index in [4.69, 9.17) is 9.47 Å². The molecule has 4 heteroatoms. The van der Waals surface area contributed by atoms with E-state index >= 15 is 0 Å². The zero-order valence-corrected chi connectivity index (χ0v) is 20.7. The second kappa shape index (κ2) is 16.3. The van der Waals surface area contributed by atoms with Gasteiger partial charge in [-0.15, -0.1) is 0 Å². The zero-order valence-electron chi connectivity index (χ0n) is 20.7. The molecule has 0 aromatic heterocycles. The Balaban J connectivity index is 1.53.